The highest BCUT2D eigenvalue weighted by atomic mass is 19.1. The van der Waals surface area contributed by atoms with E-state index in [4.69, 9.17) is 11.1 Å². The van der Waals surface area contributed by atoms with Gasteiger partial charge in [0.2, 0.25) is 0 Å². The number of hydrogen-bond acceptors (Lipinski definition) is 12. The van der Waals surface area contributed by atoms with Crippen molar-refractivity contribution in [1.82, 2.24) is 49.5 Å². The molecular weight excluding hydrogens is 719 g/mol. The molecule has 56 heavy (non-hydrogen) atoms. The van der Waals surface area contributed by atoms with E-state index in [2.05, 4.69) is 40.1 Å². The van der Waals surface area contributed by atoms with Gasteiger partial charge in [0.25, 0.3) is 0 Å². The lowest BCUT2D eigenvalue weighted by molar-refractivity contribution is 0.0975. The lowest BCUT2D eigenvalue weighted by Gasteiger charge is -2.09. The van der Waals surface area contributed by atoms with Gasteiger partial charge in [-0.25, -0.2) is 33.7 Å². The van der Waals surface area contributed by atoms with Crippen LogP contribution in [-0.4, -0.2) is 66.7 Å². The van der Waals surface area contributed by atoms with Crippen LogP contribution < -0.4 is 5.73 Å². The van der Waals surface area contributed by atoms with Crippen molar-refractivity contribution >= 4 is 23.1 Å². The first-order valence-electron chi connectivity index (χ1n) is 17.2. The van der Waals surface area contributed by atoms with Crippen molar-refractivity contribution in [1.29, 1.82) is 5.41 Å². The number of ketones is 2. The lowest BCUT2D eigenvalue weighted by Crippen LogP contribution is -2.13. The summed E-state index contributed by atoms with van der Waals surface area (Å²) in [6, 6.07) is 15.6. The van der Waals surface area contributed by atoms with Gasteiger partial charge in [-0.3, -0.25) is 23.9 Å². The SMILES string of the molecule is Cc1nccc(-c2cnn(C)c2C(=O)Cc2cc(CC(=N)c3ccccc3)ncc2F)n1.Cc1nccc(-c2cnn(C)c2C(=O)Cc2cc(N)ncc2F)n1. The molecule has 1 aromatic carbocycles. The lowest BCUT2D eigenvalue weighted by atomic mass is 10.0. The molecule has 0 aliphatic carbocycles. The van der Waals surface area contributed by atoms with Gasteiger partial charge in [0.15, 0.2) is 11.6 Å². The summed E-state index contributed by atoms with van der Waals surface area (Å²) >= 11 is 0. The molecule has 0 spiro atoms. The summed E-state index contributed by atoms with van der Waals surface area (Å²) in [7, 11) is 3.32. The van der Waals surface area contributed by atoms with E-state index in [1.165, 1.54) is 15.4 Å². The molecule has 7 rings (SSSR count). The summed E-state index contributed by atoms with van der Waals surface area (Å²) in [5.41, 5.74) is 10.7. The predicted octanol–water partition coefficient (Wildman–Crippen LogP) is 5.48. The number of aryl methyl sites for hydroxylation is 4. The Bertz CT molecular complexity index is 2570. The number of nitrogens with zero attached hydrogens (tertiary/aromatic N) is 10. The molecule has 0 aliphatic heterocycles. The van der Waals surface area contributed by atoms with E-state index in [1.54, 1.807) is 70.9 Å². The average molecular weight is 755 g/mol. The molecule has 0 fully saturated rings. The number of nitrogens with one attached hydrogen (secondary N) is 1. The molecule has 6 aromatic heterocycles. The minimum Gasteiger partial charge on any atom is -0.384 e. The summed E-state index contributed by atoms with van der Waals surface area (Å²) < 4.78 is 31.3. The normalized spacial score (nSPS) is 10.8. The molecule has 16 heteroatoms. The first kappa shape index (κ1) is 38.5. The zero-order valence-electron chi connectivity index (χ0n) is 30.9. The van der Waals surface area contributed by atoms with Crippen LogP contribution in [0.15, 0.2) is 91.8 Å². The van der Waals surface area contributed by atoms with Crippen LogP contribution in [0.3, 0.4) is 0 Å². The number of nitrogens with two attached hydrogens (primary N) is 1. The number of carbonyl (C=O) groups is 2. The molecule has 0 aliphatic rings. The van der Waals surface area contributed by atoms with E-state index in [0.717, 1.165) is 18.0 Å². The Labute approximate surface area is 320 Å². The van der Waals surface area contributed by atoms with Gasteiger partial charge in [0, 0.05) is 73.8 Å². The molecule has 7 aromatic rings. The van der Waals surface area contributed by atoms with Crippen molar-refractivity contribution in [2.24, 2.45) is 14.1 Å². The predicted molar refractivity (Wildman–Crippen MR) is 204 cm³/mol. The van der Waals surface area contributed by atoms with Crippen LogP contribution in [0.1, 0.15) is 55.0 Å². The number of halogens is 2. The first-order valence-corrected chi connectivity index (χ1v) is 17.2. The number of nitrogen functional groups attached to an aromatic ring is 1. The molecule has 14 nitrogen and oxygen atoms in total. The van der Waals surface area contributed by atoms with Gasteiger partial charge in [-0.15, -0.1) is 0 Å². The Kier molecular flexibility index (Phi) is 11.6. The molecule has 0 unspecified atom stereocenters. The monoisotopic (exact) mass is 754 g/mol. The second-order valence-electron chi connectivity index (χ2n) is 12.7. The van der Waals surface area contributed by atoms with E-state index in [9.17, 15) is 18.4 Å². The molecule has 0 saturated carbocycles. The molecule has 0 bridgehead atoms. The Morgan fingerprint density at radius 1 is 0.679 bits per heavy atom. The quantitative estimate of drug-likeness (QED) is 0.125. The van der Waals surface area contributed by atoms with Crippen LogP contribution in [0.25, 0.3) is 22.5 Å². The Hall–Kier alpha value is -7.23. The van der Waals surface area contributed by atoms with Crippen molar-refractivity contribution in [3.05, 3.63) is 149 Å². The number of hydrogen-bond donors (Lipinski definition) is 2. The zero-order valence-corrected chi connectivity index (χ0v) is 30.9. The first-order chi connectivity index (χ1) is 26.9. The highest BCUT2D eigenvalue weighted by Crippen LogP contribution is 2.25. The maximum atomic E-state index is 14.5. The summed E-state index contributed by atoms with van der Waals surface area (Å²) in [4.78, 5) is 50.4. The van der Waals surface area contributed by atoms with E-state index < -0.39 is 11.6 Å². The van der Waals surface area contributed by atoms with Gasteiger partial charge < -0.3 is 11.1 Å². The number of carbonyl (C=O) groups excluding carboxylic acids is 2. The van der Waals surface area contributed by atoms with Crippen molar-refractivity contribution in [3.63, 3.8) is 0 Å². The fraction of sp³-hybridized carbons (Fsp3) is 0.175. The Morgan fingerprint density at radius 2 is 1.18 bits per heavy atom. The summed E-state index contributed by atoms with van der Waals surface area (Å²) in [5, 5.41) is 16.6. The maximum Gasteiger partial charge on any atom is 0.186 e. The number of rotatable bonds is 11. The van der Waals surface area contributed by atoms with Crippen LogP contribution in [-0.2, 0) is 33.4 Å². The highest BCUT2D eigenvalue weighted by molar-refractivity contribution is 6.02. The summed E-state index contributed by atoms with van der Waals surface area (Å²) in [6.45, 7) is 3.53. The van der Waals surface area contributed by atoms with Crippen molar-refractivity contribution < 1.29 is 18.4 Å². The van der Waals surface area contributed by atoms with E-state index >= 15 is 0 Å². The minimum atomic E-state index is -0.570. The second kappa shape index (κ2) is 16.8. The molecule has 282 valence electrons. The van der Waals surface area contributed by atoms with E-state index in [1.807, 2.05) is 30.3 Å². The third kappa shape index (κ3) is 8.93. The van der Waals surface area contributed by atoms with Crippen molar-refractivity contribution in [3.8, 4) is 22.5 Å². The van der Waals surface area contributed by atoms with Crippen molar-refractivity contribution in [2.45, 2.75) is 33.1 Å². The molecule has 3 N–H and O–H groups in total. The fourth-order valence-electron chi connectivity index (χ4n) is 5.96. The highest BCUT2D eigenvalue weighted by Gasteiger charge is 2.23. The van der Waals surface area contributed by atoms with Crippen LogP contribution in [0.4, 0.5) is 14.6 Å². The summed E-state index contributed by atoms with van der Waals surface area (Å²) in [6.07, 6.45) is 8.42. The van der Waals surface area contributed by atoms with Crippen molar-refractivity contribution in [2.75, 3.05) is 5.73 Å². The number of benzene rings is 1. The van der Waals surface area contributed by atoms with Gasteiger partial charge in [0.1, 0.15) is 40.5 Å². The van der Waals surface area contributed by atoms with Crippen LogP contribution >= 0.6 is 0 Å². The molecule has 6 heterocycles. The van der Waals surface area contributed by atoms with Gasteiger partial charge in [0.05, 0.1) is 36.2 Å². The topological polar surface area (TPSA) is 197 Å². The third-order valence-electron chi connectivity index (χ3n) is 8.64. The minimum absolute atomic E-state index is 0.144. The van der Waals surface area contributed by atoms with Gasteiger partial charge in [-0.05, 0) is 49.2 Å². The maximum absolute atomic E-state index is 14.5. The van der Waals surface area contributed by atoms with E-state index in [-0.39, 0.29) is 47.8 Å². The largest absolute Gasteiger partial charge is 0.384 e. The van der Waals surface area contributed by atoms with Gasteiger partial charge in [-0.1, -0.05) is 30.3 Å². The molecule has 0 atom stereocenters. The fourth-order valence-corrected chi connectivity index (χ4v) is 5.96. The third-order valence-corrected chi connectivity index (χ3v) is 8.64. The number of pyridine rings is 2. The molecule has 0 amide bonds. The van der Waals surface area contributed by atoms with E-state index in [0.29, 0.717) is 57.0 Å². The Morgan fingerprint density at radius 3 is 1.70 bits per heavy atom. The molecule has 0 radical (unpaired) electrons. The number of Topliss-reactive ketones (excluding diaryl/α,β-unsaturated/α-hetero) is 2. The average Bonchev–Trinajstić information content (AvgIpc) is 3.77. The van der Waals surface area contributed by atoms with Gasteiger partial charge >= 0.3 is 0 Å². The van der Waals surface area contributed by atoms with Crippen LogP contribution in [0.5, 0.6) is 0 Å². The van der Waals surface area contributed by atoms with Crippen LogP contribution in [0, 0.1) is 30.9 Å². The smallest absolute Gasteiger partial charge is 0.186 e. The second-order valence-corrected chi connectivity index (χ2v) is 12.7. The van der Waals surface area contributed by atoms with Gasteiger partial charge in [-0.2, -0.15) is 10.2 Å². The standard InChI is InChI=1S/C24H21FN6O.C16H15FN6O/c1-15-27-9-8-22(30-15)19-13-29-31(2)24(19)23(32)11-17-10-18(28-14-20(17)25)12-21(26)16-6-4-3-5-7-16;1-9-19-4-3-13(22-9)11-7-21-23(2)16(11)14(24)5-10-6-15(18)20-8-12(10)17/h3-10,13-14,26H,11-12H2,1-2H3;3-4,6-8H,5H2,1-2H3,(H2,18,20). The zero-order chi connectivity index (χ0) is 39.9. The molecular formula is C40H36F2N12O2. The Balaban J connectivity index is 0.000000198. The van der Waals surface area contributed by atoms with Crippen LogP contribution in [0.2, 0.25) is 0 Å². The summed E-state index contributed by atoms with van der Waals surface area (Å²) in [5.74, 6) is -0.376. The number of anilines is 1. The molecule has 0 saturated heterocycles. The number of aromatic nitrogens is 10.